The first-order valence-electron chi connectivity index (χ1n) is 8.67. The number of esters is 1. The van der Waals surface area contributed by atoms with Gasteiger partial charge in [-0.25, -0.2) is 14.4 Å². The third kappa shape index (κ3) is 8.03. The van der Waals surface area contributed by atoms with Gasteiger partial charge >= 0.3 is 18.2 Å². The molecule has 0 radical (unpaired) electrons. The summed E-state index contributed by atoms with van der Waals surface area (Å²) in [5.41, 5.74) is -0.655. The van der Waals surface area contributed by atoms with Gasteiger partial charge in [-0.15, -0.1) is 0 Å². The third-order valence-electron chi connectivity index (χ3n) is 3.61. The summed E-state index contributed by atoms with van der Waals surface area (Å²) in [6, 6.07) is 4.27. The maximum absolute atomic E-state index is 11.8. The summed E-state index contributed by atoms with van der Waals surface area (Å²) in [5, 5.41) is 18.4. The number of non-ortho nitro benzene ring substituents is 1. The van der Waals surface area contributed by atoms with Gasteiger partial charge in [-0.2, -0.15) is 0 Å². The molecule has 0 saturated carbocycles. The standard InChI is InChI=1S/C11H19NO4.C7H5NO5/c1-11(2,3)16-10(14)12-7-5-6-8(12)9(13)15-4;9-7(10)13-6-3-1-5(2-4-6)8(11)12/h8H,5-7H2,1-4H3;1-4H,(H,9,10). The summed E-state index contributed by atoms with van der Waals surface area (Å²) < 4.78 is 14.1. The van der Waals surface area contributed by atoms with Crippen LogP contribution in [-0.4, -0.2) is 58.4 Å². The SMILES string of the molecule is COC(=O)C1CCCN1C(=O)OC(C)(C)C.O=C(O)Oc1ccc([N+](=O)[O-])cc1. The lowest BCUT2D eigenvalue weighted by Gasteiger charge is -2.27. The zero-order chi connectivity index (χ0) is 22.2. The largest absolute Gasteiger partial charge is 0.511 e. The molecule has 11 nitrogen and oxygen atoms in total. The molecule has 1 aliphatic rings. The number of amides is 1. The Kier molecular flexibility index (Phi) is 8.37. The van der Waals surface area contributed by atoms with E-state index < -0.39 is 28.8 Å². The normalized spacial score (nSPS) is 15.6. The van der Waals surface area contributed by atoms with Crippen LogP contribution in [0.1, 0.15) is 33.6 Å². The monoisotopic (exact) mass is 412 g/mol. The van der Waals surface area contributed by atoms with Crippen LogP contribution in [-0.2, 0) is 14.3 Å². The lowest BCUT2D eigenvalue weighted by molar-refractivity contribution is -0.384. The van der Waals surface area contributed by atoms with E-state index in [-0.39, 0.29) is 17.4 Å². The third-order valence-corrected chi connectivity index (χ3v) is 3.61. The van der Waals surface area contributed by atoms with E-state index in [4.69, 9.17) is 9.84 Å². The number of hydrogen-bond donors (Lipinski definition) is 1. The van der Waals surface area contributed by atoms with E-state index in [0.717, 1.165) is 18.6 Å². The molecule has 29 heavy (non-hydrogen) atoms. The van der Waals surface area contributed by atoms with Crippen LogP contribution in [0.2, 0.25) is 0 Å². The Morgan fingerprint density at radius 2 is 1.79 bits per heavy atom. The van der Waals surface area contributed by atoms with E-state index in [1.807, 2.05) is 0 Å². The molecule has 160 valence electrons. The smallest absolute Gasteiger partial charge is 0.467 e. The van der Waals surface area contributed by atoms with E-state index in [1.54, 1.807) is 20.8 Å². The van der Waals surface area contributed by atoms with E-state index >= 15 is 0 Å². The number of methoxy groups -OCH3 is 1. The van der Waals surface area contributed by atoms with Crippen molar-refractivity contribution in [2.24, 2.45) is 0 Å². The van der Waals surface area contributed by atoms with Gasteiger partial charge in [-0.05, 0) is 45.7 Å². The molecule has 0 bridgehead atoms. The highest BCUT2D eigenvalue weighted by Crippen LogP contribution is 2.21. The van der Waals surface area contributed by atoms with Crippen molar-refractivity contribution in [3.63, 3.8) is 0 Å². The zero-order valence-corrected chi connectivity index (χ0v) is 16.6. The fourth-order valence-electron chi connectivity index (χ4n) is 2.42. The van der Waals surface area contributed by atoms with Crippen molar-refractivity contribution in [2.45, 2.75) is 45.3 Å². The molecule has 0 spiro atoms. The van der Waals surface area contributed by atoms with Crippen LogP contribution in [0.4, 0.5) is 15.3 Å². The molecule has 0 aromatic heterocycles. The van der Waals surface area contributed by atoms with Crippen LogP contribution in [0.15, 0.2) is 24.3 Å². The molecular weight excluding hydrogens is 388 g/mol. The van der Waals surface area contributed by atoms with Gasteiger partial charge in [0.25, 0.3) is 5.69 Å². The minimum Gasteiger partial charge on any atom is -0.467 e. The molecule has 2 rings (SSSR count). The molecule has 0 aliphatic carbocycles. The number of hydrogen-bond acceptors (Lipinski definition) is 8. The van der Waals surface area contributed by atoms with Crippen LogP contribution in [0.3, 0.4) is 0 Å². The first-order chi connectivity index (χ1) is 13.4. The Morgan fingerprint density at radius 3 is 2.24 bits per heavy atom. The van der Waals surface area contributed by atoms with E-state index in [9.17, 15) is 24.5 Å². The van der Waals surface area contributed by atoms with Gasteiger partial charge in [0.05, 0.1) is 12.0 Å². The van der Waals surface area contributed by atoms with Gasteiger partial charge in [-0.3, -0.25) is 15.0 Å². The summed E-state index contributed by atoms with van der Waals surface area (Å²) in [6.45, 7) is 5.95. The molecule has 1 atom stereocenters. The topological polar surface area (TPSA) is 146 Å². The van der Waals surface area contributed by atoms with Crippen molar-refractivity contribution in [3.05, 3.63) is 34.4 Å². The highest BCUT2D eigenvalue weighted by atomic mass is 16.7. The summed E-state index contributed by atoms with van der Waals surface area (Å²) in [7, 11) is 1.33. The Hall–Kier alpha value is -3.37. The molecule has 1 aromatic carbocycles. The summed E-state index contributed by atoms with van der Waals surface area (Å²) in [6.07, 6.45) is -0.445. The number of carbonyl (C=O) groups is 3. The predicted molar refractivity (Wildman–Crippen MR) is 99.7 cm³/mol. The average Bonchev–Trinajstić information content (AvgIpc) is 3.10. The molecule has 1 amide bonds. The van der Waals surface area contributed by atoms with Crippen molar-refractivity contribution >= 4 is 23.9 Å². The minimum absolute atomic E-state index is 0.0538. The molecule has 1 heterocycles. The zero-order valence-electron chi connectivity index (χ0n) is 16.6. The van der Waals surface area contributed by atoms with Crippen LogP contribution in [0.25, 0.3) is 0 Å². The van der Waals surface area contributed by atoms with Gasteiger partial charge in [0.1, 0.15) is 17.4 Å². The summed E-state index contributed by atoms with van der Waals surface area (Å²) in [5.74, 6) is -0.318. The molecule has 11 heteroatoms. The second kappa shape index (κ2) is 10.2. The molecular formula is C18H24N2O9. The Morgan fingerprint density at radius 1 is 1.21 bits per heavy atom. The first kappa shape index (κ1) is 23.7. The van der Waals surface area contributed by atoms with Gasteiger partial charge in [-0.1, -0.05) is 0 Å². The van der Waals surface area contributed by atoms with Gasteiger partial charge in [0.15, 0.2) is 0 Å². The van der Waals surface area contributed by atoms with Crippen molar-refractivity contribution in [1.29, 1.82) is 0 Å². The number of nitro groups is 1. The quantitative estimate of drug-likeness (QED) is 0.342. The molecule has 1 saturated heterocycles. The van der Waals surface area contributed by atoms with Crippen molar-refractivity contribution in [2.75, 3.05) is 13.7 Å². The summed E-state index contributed by atoms with van der Waals surface area (Å²) >= 11 is 0. The van der Waals surface area contributed by atoms with Crippen molar-refractivity contribution in [1.82, 2.24) is 4.90 Å². The van der Waals surface area contributed by atoms with Crippen molar-refractivity contribution < 1.29 is 38.6 Å². The van der Waals surface area contributed by atoms with E-state index in [0.29, 0.717) is 13.0 Å². The lowest BCUT2D eigenvalue weighted by Crippen LogP contribution is -2.43. The van der Waals surface area contributed by atoms with Crippen LogP contribution in [0.5, 0.6) is 5.75 Å². The predicted octanol–water partition coefficient (Wildman–Crippen LogP) is 3.21. The maximum atomic E-state index is 11.8. The lowest BCUT2D eigenvalue weighted by atomic mass is 10.2. The first-order valence-corrected chi connectivity index (χ1v) is 8.67. The molecule has 1 aromatic rings. The van der Waals surface area contributed by atoms with Gasteiger partial charge in [0.2, 0.25) is 0 Å². The maximum Gasteiger partial charge on any atom is 0.511 e. The fraction of sp³-hybridized carbons (Fsp3) is 0.500. The molecule has 1 unspecified atom stereocenters. The number of likely N-dealkylation sites (tertiary alicyclic amines) is 1. The highest BCUT2D eigenvalue weighted by Gasteiger charge is 2.37. The second-order valence-electron chi connectivity index (χ2n) is 6.97. The number of nitrogens with zero attached hydrogens (tertiary/aromatic N) is 2. The summed E-state index contributed by atoms with van der Waals surface area (Å²) in [4.78, 5) is 44.3. The van der Waals surface area contributed by atoms with Crippen LogP contribution in [0, 0.1) is 10.1 Å². The Bertz CT molecular complexity index is 741. The number of rotatable bonds is 3. The molecule has 1 aliphatic heterocycles. The number of nitro benzene ring substituents is 1. The second-order valence-corrected chi connectivity index (χ2v) is 6.97. The Labute approximate surface area is 167 Å². The van der Waals surface area contributed by atoms with Crippen LogP contribution >= 0.6 is 0 Å². The van der Waals surface area contributed by atoms with E-state index in [1.165, 1.54) is 24.1 Å². The molecule has 1 fully saturated rings. The molecule has 1 N–H and O–H groups in total. The van der Waals surface area contributed by atoms with Gasteiger partial charge < -0.3 is 19.3 Å². The van der Waals surface area contributed by atoms with E-state index in [2.05, 4.69) is 9.47 Å². The fourth-order valence-corrected chi connectivity index (χ4v) is 2.42. The number of benzene rings is 1. The Balaban J connectivity index is 0.000000296. The average molecular weight is 412 g/mol. The highest BCUT2D eigenvalue weighted by molar-refractivity contribution is 5.82. The number of ether oxygens (including phenoxy) is 3. The van der Waals surface area contributed by atoms with Crippen LogP contribution < -0.4 is 4.74 Å². The van der Waals surface area contributed by atoms with Gasteiger partial charge in [0, 0.05) is 18.7 Å². The van der Waals surface area contributed by atoms with Crippen molar-refractivity contribution in [3.8, 4) is 5.75 Å². The minimum atomic E-state index is -1.45. The number of carboxylic acid groups (broad SMARTS) is 1. The number of carbonyl (C=O) groups excluding carboxylic acids is 2.